The molecule has 128 valence electrons. The fourth-order valence-electron chi connectivity index (χ4n) is 3.15. The zero-order chi connectivity index (χ0) is 16.8. The Bertz CT molecular complexity index is 634. The minimum absolute atomic E-state index is 0.0313. The maximum Gasteiger partial charge on any atom is 0.251 e. The topological polar surface area (TPSA) is 41.6 Å². The summed E-state index contributed by atoms with van der Waals surface area (Å²) in [6.07, 6.45) is 3.80. The van der Waals surface area contributed by atoms with Gasteiger partial charge in [-0.2, -0.15) is 0 Å². The molecule has 1 aliphatic heterocycles. The van der Waals surface area contributed by atoms with Crippen LogP contribution in [0.4, 0.5) is 0 Å². The van der Waals surface area contributed by atoms with E-state index in [0.717, 1.165) is 18.8 Å². The Morgan fingerprint density at radius 1 is 1.21 bits per heavy atom. The first-order valence-corrected chi connectivity index (χ1v) is 9.35. The van der Waals surface area contributed by atoms with Gasteiger partial charge in [0.05, 0.1) is 13.2 Å². The van der Waals surface area contributed by atoms with Crippen molar-refractivity contribution in [2.75, 3.05) is 26.7 Å². The number of amides is 1. The summed E-state index contributed by atoms with van der Waals surface area (Å²) in [7, 11) is 1.62. The number of ether oxygens (including phenoxy) is 1. The van der Waals surface area contributed by atoms with Gasteiger partial charge in [0.1, 0.15) is 5.75 Å². The molecule has 1 aromatic carbocycles. The van der Waals surface area contributed by atoms with Crippen molar-refractivity contribution in [1.29, 1.82) is 0 Å². The summed E-state index contributed by atoms with van der Waals surface area (Å²) in [5.41, 5.74) is 0.666. The van der Waals surface area contributed by atoms with Crippen molar-refractivity contribution in [3.63, 3.8) is 0 Å². The van der Waals surface area contributed by atoms with E-state index in [1.54, 1.807) is 30.6 Å². The summed E-state index contributed by atoms with van der Waals surface area (Å²) in [6.45, 7) is 2.87. The van der Waals surface area contributed by atoms with Crippen molar-refractivity contribution in [3.8, 4) is 5.75 Å². The molecule has 1 atom stereocenters. The Morgan fingerprint density at radius 2 is 1.96 bits per heavy atom. The van der Waals surface area contributed by atoms with Gasteiger partial charge in [0.2, 0.25) is 0 Å². The molecule has 2 aromatic rings. The highest BCUT2D eigenvalue weighted by molar-refractivity contribution is 7.10. The first kappa shape index (κ1) is 17.0. The number of nitrogens with zero attached hydrogens (tertiary/aromatic N) is 1. The molecule has 5 heteroatoms. The van der Waals surface area contributed by atoms with Crippen LogP contribution in [0.3, 0.4) is 0 Å². The Morgan fingerprint density at radius 3 is 2.58 bits per heavy atom. The number of methoxy groups -OCH3 is 1. The molecule has 24 heavy (non-hydrogen) atoms. The molecule has 0 spiro atoms. The number of rotatable bonds is 6. The van der Waals surface area contributed by atoms with Crippen molar-refractivity contribution < 1.29 is 9.53 Å². The molecule has 0 radical (unpaired) electrons. The molecule has 1 aliphatic rings. The molecule has 0 bridgehead atoms. The lowest BCUT2D eigenvalue weighted by Gasteiger charge is -2.34. The molecule has 1 amide bonds. The Balaban J connectivity index is 1.65. The first-order chi connectivity index (χ1) is 11.8. The zero-order valence-electron chi connectivity index (χ0n) is 14.0. The molecule has 1 saturated heterocycles. The van der Waals surface area contributed by atoms with E-state index in [4.69, 9.17) is 4.74 Å². The van der Waals surface area contributed by atoms with Crippen LogP contribution in [0.1, 0.15) is 40.5 Å². The van der Waals surface area contributed by atoms with E-state index < -0.39 is 0 Å². The van der Waals surface area contributed by atoms with Crippen molar-refractivity contribution in [1.82, 2.24) is 10.2 Å². The van der Waals surface area contributed by atoms with Crippen LogP contribution in [-0.4, -0.2) is 37.6 Å². The van der Waals surface area contributed by atoms with Crippen molar-refractivity contribution >= 4 is 17.2 Å². The van der Waals surface area contributed by atoms with Crippen LogP contribution in [0.15, 0.2) is 41.8 Å². The SMILES string of the molecule is COc1ccc(C(=O)NC[C@@H](c2cccs2)N2CCCCC2)cc1. The summed E-state index contributed by atoms with van der Waals surface area (Å²) in [4.78, 5) is 16.3. The quantitative estimate of drug-likeness (QED) is 0.868. The highest BCUT2D eigenvalue weighted by Gasteiger charge is 2.23. The number of carbonyl (C=O) groups is 1. The first-order valence-electron chi connectivity index (χ1n) is 8.47. The number of carbonyl (C=O) groups excluding carboxylic acids is 1. The van der Waals surface area contributed by atoms with Crippen molar-refractivity contribution in [2.45, 2.75) is 25.3 Å². The van der Waals surface area contributed by atoms with Crippen LogP contribution in [0.25, 0.3) is 0 Å². The zero-order valence-corrected chi connectivity index (χ0v) is 14.8. The lowest BCUT2D eigenvalue weighted by atomic mass is 10.1. The van der Waals surface area contributed by atoms with E-state index in [1.165, 1.54) is 24.1 Å². The van der Waals surface area contributed by atoms with Gasteiger partial charge in [0.25, 0.3) is 5.91 Å². The summed E-state index contributed by atoms with van der Waals surface area (Å²) in [6, 6.07) is 11.8. The van der Waals surface area contributed by atoms with Gasteiger partial charge in [-0.3, -0.25) is 9.69 Å². The fourth-order valence-corrected chi connectivity index (χ4v) is 4.02. The largest absolute Gasteiger partial charge is 0.497 e. The van der Waals surface area contributed by atoms with E-state index in [2.05, 4.69) is 27.7 Å². The number of hydrogen-bond donors (Lipinski definition) is 1. The van der Waals surface area contributed by atoms with Crippen LogP contribution in [0.5, 0.6) is 5.75 Å². The number of piperidine rings is 1. The second kappa shape index (κ2) is 8.31. The average Bonchev–Trinajstić information content (AvgIpc) is 3.17. The lowest BCUT2D eigenvalue weighted by Crippen LogP contribution is -2.40. The highest BCUT2D eigenvalue weighted by atomic mass is 32.1. The smallest absolute Gasteiger partial charge is 0.251 e. The number of likely N-dealkylation sites (tertiary alicyclic amines) is 1. The molecular weight excluding hydrogens is 320 g/mol. The van der Waals surface area contributed by atoms with Gasteiger partial charge in [-0.05, 0) is 61.6 Å². The van der Waals surface area contributed by atoms with Crippen molar-refractivity contribution in [3.05, 3.63) is 52.2 Å². The molecule has 1 aromatic heterocycles. The fraction of sp³-hybridized carbons (Fsp3) is 0.421. The summed E-state index contributed by atoms with van der Waals surface area (Å²) < 4.78 is 5.14. The molecule has 3 rings (SSSR count). The standard InChI is InChI=1S/C19H24N2O2S/c1-23-16-9-7-15(8-10-16)19(22)20-14-17(18-6-5-13-24-18)21-11-3-2-4-12-21/h5-10,13,17H,2-4,11-12,14H2,1H3,(H,20,22)/t17-/m0/s1. The van der Waals surface area contributed by atoms with E-state index >= 15 is 0 Å². The minimum Gasteiger partial charge on any atom is -0.497 e. The average molecular weight is 344 g/mol. The summed E-state index contributed by atoms with van der Waals surface area (Å²) in [5.74, 6) is 0.729. The van der Waals surface area contributed by atoms with Gasteiger partial charge in [0.15, 0.2) is 0 Å². The molecule has 0 saturated carbocycles. The number of nitrogens with one attached hydrogen (secondary N) is 1. The molecule has 4 nitrogen and oxygen atoms in total. The number of thiophene rings is 1. The van der Waals surface area contributed by atoms with Crippen LogP contribution in [0, 0.1) is 0 Å². The Kier molecular flexibility index (Phi) is 5.88. The summed E-state index contributed by atoms with van der Waals surface area (Å²) in [5, 5.41) is 5.22. The summed E-state index contributed by atoms with van der Waals surface area (Å²) >= 11 is 1.77. The van der Waals surface area contributed by atoms with Gasteiger partial charge in [-0.15, -0.1) is 11.3 Å². The molecule has 1 fully saturated rings. The Labute approximate surface area is 147 Å². The van der Waals surface area contributed by atoms with Gasteiger partial charge >= 0.3 is 0 Å². The molecule has 0 aliphatic carbocycles. The van der Waals surface area contributed by atoms with Crippen LogP contribution in [0.2, 0.25) is 0 Å². The predicted octanol–water partition coefficient (Wildman–Crippen LogP) is 3.71. The van der Waals surface area contributed by atoms with E-state index in [-0.39, 0.29) is 11.9 Å². The maximum absolute atomic E-state index is 12.4. The van der Waals surface area contributed by atoms with Crippen molar-refractivity contribution in [2.24, 2.45) is 0 Å². The van der Waals surface area contributed by atoms with Gasteiger partial charge in [0, 0.05) is 17.0 Å². The van der Waals surface area contributed by atoms with Gasteiger partial charge < -0.3 is 10.1 Å². The van der Waals surface area contributed by atoms with E-state index in [0.29, 0.717) is 12.1 Å². The predicted molar refractivity (Wildman–Crippen MR) is 97.8 cm³/mol. The maximum atomic E-state index is 12.4. The van der Waals surface area contributed by atoms with Crippen LogP contribution >= 0.6 is 11.3 Å². The van der Waals surface area contributed by atoms with E-state index in [9.17, 15) is 4.79 Å². The third-order valence-electron chi connectivity index (χ3n) is 4.51. The third kappa shape index (κ3) is 4.16. The second-order valence-electron chi connectivity index (χ2n) is 6.07. The molecular formula is C19H24N2O2S. The van der Waals surface area contributed by atoms with E-state index in [1.807, 2.05) is 12.1 Å². The lowest BCUT2D eigenvalue weighted by molar-refractivity contribution is 0.0925. The molecule has 1 N–H and O–H groups in total. The van der Waals surface area contributed by atoms with Crippen LogP contribution < -0.4 is 10.1 Å². The monoisotopic (exact) mass is 344 g/mol. The number of hydrogen-bond acceptors (Lipinski definition) is 4. The highest BCUT2D eigenvalue weighted by Crippen LogP contribution is 2.27. The van der Waals surface area contributed by atoms with Gasteiger partial charge in [-0.25, -0.2) is 0 Å². The van der Waals surface area contributed by atoms with Gasteiger partial charge in [-0.1, -0.05) is 12.5 Å². The third-order valence-corrected chi connectivity index (χ3v) is 5.48. The van der Waals surface area contributed by atoms with Crippen LogP contribution in [-0.2, 0) is 0 Å². The second-order valence-corrected chi connectivity index (χ2v) is 7.05. The molecule has 2 heterocycles. The molecule has 0 unspecified atom stereocenters. The normalized spacial score (nSPS) is 16.5. The number of benzene rings is 1. The Hall–Kier alpha value is -1.85. The minimum atomic E-state index is -0.0313.